The molecule has 0 heterocycles. The van der Waals surface area contributed by atoms with Crippen LogP contribution in [0.5, 0.6) is 0 Å². The Hall–Kier alpha value is -3.05. The number of halogens is 1. The van der Waals surface area contributed by atoms with Gasteiger partial charge in [0.2, 0.25) is 0 Å². The van der Waals surface area contributed by atoms with E-state index in [1.807, 2.05) is 6.92 Å². The Morgan fingerprint density at radius 3 is 1.74 bits per heavy atom. The van der Waals surface area contributed by atoms with Crippen molar-refractivity contribution in [3.05, 3.63) is 76.0 Å². The number of hydrogen-bond donors (Lipinski definition) is 1. The summed E-state index contributed by atoms with van der Waals surface area (Å²) in [6.45, 7) is 7.40. The number of anilines is 1. The van der Waals surface area contributed by atoms with Gasteiger partial charge in [-0.2, -0.15) is 0 Å². The van der Waals surface area contributed by atoms with Crippen LogP contribution in [0.25, 0.3) is 0 Å². The van der Waals surface area contributed by atoms with Gasteiger partial charge in [0.15, 0.2) is 11.6 Å². The molecule has 0 saturated heterocycles. The third-order valence-corrected chi connectivity index (χ3v) is 5.35. The number of ketones is 4. The van der Waals surface area contributed by atoms with Gasteiger partial charge in [-0.05, 0) is 58.9 Å². The van der Waals surface area contributed by atoms with E-state index in [1.54, 1.807) is 55.5 Å². The van der Waals surface area contributed by atoms with E-state index < -0.39 is 35.0 Å². The molecule has 1 unspecified atom stereocenters. The van der Waals surface area contributed by atoms with Crippen LogP contribution >= 0.6 is 11.6 Å². The molecule has 6 heteroatoms. The van der Waals surface area contributed by atoms with Crippen molar-refractivity contribution < 1.29 is 19.2 Å². The minimum absolute atomic E-state index is 0.107. The molecular weight excluding hydrogens is 414 g/mol. The van der Waals surface area contributed by atoms with Crippen LogP contribution in [0.2, 0.25) is 5.02 Å². The van der Waals surface area contributed by atoms with Gasteiger partial charge in [0, 0.05) is 27.5 Å². The van der Waals surface area contributed by atoms with Crippen molar-refractivity contribution in [3.8, 4) is 0 Å². The molecule has 1 atom stereocenters. The van der Waals surface area contributed by atoms with Gasteiger partial charge in [-0.15, -0.1) is 0 Å². The Morgan fingerprint density at radius 1 is 0.774 bits per heavy atom. The van der Waals surface area contributed by atoms with Gasteiger partial charge < -0.3 is 5.32 Å². The second kappa shape index (κ2) is 10.3. The summed E-state index contributed by atoms with van der Waals surface area (Å²) < 4.78 is 0. The highest BCUT2D eigenvalue weighted by Crippen LogP contribution is 2.31. The molecule has 0 bridgehead atoms. The molecule has 31 heavy (non-hydrogen) atoms. The maximum Gasteiger partial charge on any atom is 0.171 e. The zero-order chi connectivity index (χ0) is 23.3. The number of rotatable bonds is 9. The van der Waals surface area contributed by atoms with Crippen molar-refractivity contribution in [1.82, 2.24) is 0 Å². The first kappa shape index (κ1) is 24.2. The van der Waals surface area contributed by atoms with Crippen LogP contribution in [-0.2, 0) is 14.4 Å². The molecule has 0 aliphatic rings. The van der Waals surface area contributed by atoms with Crippen LogP contribution in [0.4, 0.5) is 5.69 Å². The fourth-order valence-corrected chi connectivity index (χ4v) is 3.76. The number of aryl methyl sites for hydroxylation is 1. The zero-order valence-corrected chi connectivity index (χ0v) is 19.0. The van der Waals surface area contributed by atoms with Crippen LogP contribution in [0.1, 0.15) is 43.6 Å². The van der Waals surface area contributed by atoms with E-state index in [-0.39, 0.29) is 5.57 Å². The molecule has 0 fully saturated rings. The highest BCUT2D eigenvalue weighted by molar-refractivity contribution is 6.30. The van der Waals surface area contributed by atoms with Crippen molar-refractivity contribution in [3.63, 3.8) is 0 Å². The summed E-state index contributed by atoms with van der Waals surface area (Å²) >= 11 is 5.93. The van der Waals surface area contributed by atoms with Crippen molar-refractivity contribution in [2.75, 3.05) is 5.32 Å². The summed E-state index contributed by atoms with van der Waals surface area (Å²) in [6.07, 6.45) is 0. The zero-order valence-electron chi connectivity index (χ0n) is 18.3. The first-order chi connectivity index (χ1) is 14.5. The highest BCUT2D eigenvalue weighted by Gasteiger charge is 2.40. The lowest BCUT2D eigenvalue weighted by atomic mass is 9.74. The van der Waals surface area contributed by atoms with Gasteiger partial charge in [0.25, 0.3) is 0 Å². The van der Waals surface area contributed by atoms with E-state index in [0.717, 1.165) is 5.56 Å². The number of nitrogens with one attached hydrogen (secondary N) is 1. The number of hydrogen-bond acceptors (Lipinski definition) is 5. The summed E-state index contributed by atoms with van der Waals surface area (Å²) in [5.74, 6) is -4.24. The smallest absolute Gasteiger partial charge is 0.171 e. The van der Waals surface area contributed by atoms with Crippen LogP contribution in [-0.4, -0.2) is 23.1 Å². The first-order valence-electron chi connectivity index (χ1n) is 9.89. The van der Waals surface area contributed by atoms with E-state index in [9.17, 15) is 19.2 Å². The lowest BCUT2D eigenvalue weighted by Crippen LogP contribution is -2.37. The Balaban J connectivity index is 2.66. The molecule has 0 aliphatic heterocycles. The Morgan fingerprint density at radius 2 is 1.29 bits per heavy atom. The maximum atomic E-state index is 13.5. The molecule has 0 aromatic heterocycles. The molecule has 1 N–H and O–H groups in total. The van der Waals surface area contributed by atoms with Crippen molar-refractivity contribution in [2.24, 2.45) is 11.8 Å². The second-order valence-corrected chi connectivity index (χ2v) is 8.07. The Bertz CT molecular complexity index is 1020. The Labute approximate surface area is 187 Å². The summed E-state index contributed by atoms with van der Waals surface area (Å²) in [7, 11) is 0. The summed E-state index contributed by atoms with van der Waals surface area (Å²) in [5, 5.41) is 3.66. The minimum Gasteiger partial charge on any atom is -0.359 e. The lowest BCUT2D eigenvalue weighted by Gasteiger charge is -2.26. The van der Waals surface area contributed by atoms with Gasteiger partial charge in [-0.3, -0.25) is 19.2 Å². The molecule has 0 amide bonds. The largest absolute Gasteiger partial charge is 0.359 e. The quantitative estimate of drug-likeness (QED) is 0.329. The predicted octanol–water partition coefficient (Wildman–Crippen LogP) is 5.22. The summed E-state index contributed by atoms with van der Waals surface area (Å²) in [4.78, 5) is 51.1. The normalized spacial score (nSPS) is 12.7. The van der Waals surface area contributed by atoms with E-state index in [2.05, 4.69) is 5.32 Å². The Kier molecular flexibility index (Phi) is 8.06. The third kappa shape index (κ3) is 5.98. The number of allylic oxidation sites excluding steroid dienone is 2. The van der Waals surface area contributed by atoms with Crippen LogP contribution in [0.15, 0.2) is 59.8 Å². The van der Waals surface area contributed by atoms with Crippen molar-refractivity contribution in [2.45, 2.75) is 34.6 Å². The standard InChI is InChI=1S/C25H26ClNO4/c1-14-6-8-19(9-7-14)25(31)24(23(17(4)29)18(5)30)22(16(3)28)15(2)27-21-12-10-20(26)11-13-21/h6-13,23-24,27H,1-5H3. The average Bonchev–Trinajstić information content (AvgIpc) is 2.68. The molecule has 2 rings (SSSR count). The van der Waals surface area contributed by atoms with Gasteiger partial charge in [0.1, 0.15) is 11.6 Å². The van der Waals surface area contributed by atoms with Crippen LogP contribution in [0, 0.1) is 18.8 Å². The van der Waals surface area contributed by atoms with Crippen LogP contribution in [0.3, 0.4) is 0 Å². The van der Waals surface area contributed by atoms with E-state index >= 15 is 0 Å². The monoisotopic (exact) mass is 439 g/mol. The molecule has 162 valence electrons. The molecule has 0 radical (unpaired) electrons. The van der Waals surface area contributed by atoms with Crippen molar-refractivity contribution in [1.29, 1.82) is 0 Å². The molecule has 2 aromatic rings. The van der Waals surface area contributed by atoms with Gasteiger partial charge in [-0.1, -0.05) is 41.4 Å². The number of carbonyl (C=O) groups excluding carboxylic acids is 4. The lowest BCUT2D eigenvalue weighted by molar-refractivity contribution is -0.131. The van der Waals surface area contributed by atoms with E-state index in [1.165, 1.54) is 20.8 Å². The van der Waals surface area contributed by atoms with Gasteiger partial charge in [-0.25, -0.2) is 0 Å². The molecule has 0 spiro atoms. The van der Waals surface area contributed by atoms with Gasteiger partial charge >= 0.3 is 0 Å². The molecule has 2 aromatic carbocycles. The highest BCUT2D eigenvalue weighted by atomic mass is 35.5. The SMILES string of the molecule is CC(=O)C(=C(C)Nc1ccc(Cl)cc1)C(C(=O)c1ccc(C)cc1)C(C(C)=O)C(C)=O. The summed E-state index contributed by atoms with van der Waals surface area (Å²) in [6, 6.07) is 13.7. The first-order valence-corrected chi connectivity index (χ1v) is 10.3. The fourth-order valence-electron chi connectivity index (χ4n) is 3.64. The van der Waals surface area contributed by atoms with Crippen molar-refractivity contribution >= 4 is 40.4 Å². The second-order valence-electron chi connectivity index (χ2n) is 7.63. The topological polar surface area (TPSA) is 80.3 Å². The number of Topliss-reactive ketones (excluding diaryl/α,β-unsaturated/α-hetero) is 4. The molecule has 5 nitrogen and oxygen atoms in total. The van der Waals surface area contributed by atoms with E-state index in [0.29, 0.717) is 22.0 Å². The number of carbonyl (C=O) groups is 4. The predicted molar refractivity (Wildman–Crippen MR) is 122 cm³/mol. The number of benzene rings is 2. The molecule has 0 saturated carbocycles. The summed E-state index contributed by atoms with van der Waals surface area (Å²) in [5.41, 5.74) is 2.46. The van der Waals surface area contributed by atoms with Crippen LogP contribution < -0.4 is 5.32 Å². The fraction of sp³-hybridized carbons (Fsp3) is 0.280. The van der Waals surface area contributed by atoms with E-state index in [4.69, 9.17) is 11.6 Å². The molecular formula is C25H26ClNO4. The molecule has 0 aliphatic carbocycles. The average molecular weight is 440 g/mol. The van der Waals surface area contributed by atoms with Gasteiger partial charge in [0.05, 0.1) is 11.8 Å². The maximum absolute atomic E-state index is 13.5. The third-order valence-electron chi connectivity index (χ3n) is 5.10. The minimum atomic E-state index is -1.25.